The predicted octanol–water partition coefficient (Wildman–Crippen LogP) is 9.08. The van der Waals surface area contributed by atoms with Gasteiger partial charge in [0.05, 0.1) is 18.1 Å². The van der Waals surface area contributed by atoms with Gasteiger partial charge in [-0.3, -0.25) is 33.6 Å². The molecular weight excluding hydrogens is 1000 g/mol. The summed E-state index contributed by atoms with van der Waals surface area (Å²) in [5.41, 5.74) is 4.62. The van der Waals surface area contributed by atoms with Crippen LogP contribution in [0.15, 0.2) is 97.1 Å². The average molecular weight is 1080 g/mol. The van der Waals surface area contributed by atoms with Gasteiger partial charge in [-0.05, 0) is 115 Å². The fraction of sp³-hybridized carbons (Fsp3) is 0.508. The van der Waals surface area contributed by atoms with Crippen LogP contribution >= 0.6 is 11.6 Å². The van der Waals surface area contributed by atoms with E-state index in [0.29, 0.717) is 17.0 Å². The Hall–Kier alpha value is -6.38. The van der Waals surface area contributed by atoms with Crippen molar-refractivity contribution in [3.63, 3.8) is 0 Å². The van der Waals surface area contributed by atoms with E-state index in [9.17, 15) is 24.0 Å². The van der Waals surface area contributed by atoms with Crippen molar-refractivity contribution in [1.29, 1.82) is 0 Å². The molecule has 3 unspecified atom stereocenters. The monoisotopic (exact) mass is 1080 g/mol. The van der Waals surface area contributed by atoms with Gasteiger partial charge in [-0.1, -0.05) is 146 Å². The van der Waals surface area contributed by atoms with Crippen LogP contribution < -0.4 is 21.3 Å². The number of rotatable bonds is 18. The van der Waals surface area contributed by atoms with Gasteiger partial charge in [-0.25, -0.2) is 0 Å². The molecular formula is C63H82ClN7O7. The van der Waals surface area contributed by atoms with Crippen molar-refractivity contribution >= 4 is 52.8 Å². The Morgan fingerprint density at radius 1 is 0.744 bits per heavy atom. The Morgan fingerprint density at radius 2 is 1.38 bits per heavy atom. The van der Waals surface area contributed by atoms with Gasteiger partial charge in [-0.15, -0.1) is 0 Å². The summed E-state index contributed by atoms with van der Waals surface area (Å²) in [4.78, 5) is 106. The summed E-state index contributed by atoms with van der Waals surface area (Å²) in [6.45, 7) is 19.3. The van der Waals surface area contributed by atoms with Gasteiger partial charge >= 0.3 is 0 Å². The van der Waals surface area contributed by atoms with Crippen LogP contribution in [0, 0.1) is 22.7 Å². The van der Waals surface area contributed by atoms with Crippen LogP contribution in [0.4, 0.5) is 0 Å². The molecule has 3 aliphatic rings. The Morgan fingerprint density at radius 3 is 2.03 bits per heavy atom. The van der Waals surface area contributed by atoms with E-state index in [4.69, 9.17) is 11.6 Å². The molecule has 1 saturated heterocycles. The number of ketones is 1. The molecule has 0 saturated carbocycles. The molecule has 6 amide bonds. The van der Waals surface area contributed by atoms with Crippen molar-refractivity contribution in [1.82, 2.24) is 36.0 Å². The largest absolute Gasteiger partial charge is 0.347 e. The van der Waals surface area contributed by atoms with Crippen molar-refractivity contribution in [2.45, 2.75) is 170 Å². The lowest BCUT2D eigenvalue weighted by atomic mass is 9.76. The van der Waals surface area contributed by atoms with Gasteiger partial charge in [-0.2, -0.15) is 0 Å². The minimum atomic E-state index is -0.925. The summed E-state index contributed by atoms with van der Waals surface area (Å²) in [5.74, 6) is -2.99. The number of likely N-dealkylation sites (N-methyl/N-ethyl adjacent to an activating group) is 1. The third-order valence-electron chi connectivity index (χ3n) is 16.5. The van der Waals surface area contributed by atoms with Gasteiger partial charge in [0.25, 0.3) is 5.91 Å². The molecule has 14 nitrogen and oxygen atoms in total. The van der Waals surface area contributed by atoms with Crippen LogP contribution in [0.5, 0.6) is 0 Å². The number of Topliss-reactive ketones (excluding diaryl/α,β-unsaturated/α-hetero) is 1. The Balaban J connectivity index is 1.15. The molecule has 7 rings (SSSR count). The summed E-state index contributed by atoms with van der Waals surface area (Å²) < 4.78 is 0. The molecule has 0 bridgehead atoms. The van der Waals surface area contributed by atoms with Crippen LogP contribution in [0.1, 0.15) is 157 Å². The van der Waals surface area contributed by atoms with Crippen molar-refractivity contribution in [2.24, 2.45) is 22.7 Å². The van der Waals surface area contributed by atoms with Gasteiger partial charge in [0.15, 0.2) is 0 Å². The second-order valence-electron chi connectivity index (χ2n) is 24.1. The van der Waals surface area contributed by atoms with E-state index in [1.54, 1.807) is 59.0 Å². The highest BCUT2D eigenvalue weighted by Crippen LogP contribution is 2.37. The smallest absolute Gasteiger partial charge is 0.251 e. The summed E-state index contributed by atoms with van der Waals surface area (Å²) >= 11 is 6.85. The van der Waals surface area contributed by atoms with Crippen molar-refractivity contribution in [3.05, 3.63) is 141 Å². The number of carbonyl (C=O) groups is 7. The lowest BCUT2D eigenvalue weighted by Gasteiger charge is -2.43. The van der Waals surface area contributed by atoms with Crippen molar-refractivity contribution < 1.29 is 33.6 Å². The normalized spacial score (nSPS) is 20.2. The quantitative estimate of drug-likeness (QED) is 0.0763. The van der Waals surface area contributed by atoms with E-state index >= 15 is 9.59 Å². The maximum Gasteiger partial charge on any atom is 0.251 e. The van der Waals surface area contributed by atoms with Gasteiger partial charge in [0, 0.05) is 60.9 Å². The zero-order chi connectivity index (χ0) is 56.8. The number of hydrogen-bond donors (Lipinski definition) is 4. The number of nitrogens with zero attached hydrogens (tertiary/aromatic N) is 3. The van der Waals surface area contributed by atoms with E-state index in [0.717, 1.165) is 47.1 Å². The highest BCUT2D eigenvalue weighted by atomic mass is 35.5. The molecule has 9 atom stereocenters. The van der Waals surface area contributed by atoms with E-state index < -0.39 is 58.9 Å². The first-order chi connectivity index (χ1) is 36.9. The number of carbonyl (C=O) groups excluding carboxylic acids is 7. The number of halogens is 1. The molecule has 15 heteroatoms. The summed E-state index contributed by atoms with van der Waals surface area (Å²) in [7, 11) is 1.71. The molecule has 0 spiro atoms. The molecule has 4 N–H and O–H groups in total. The molecule has 78 heavy (non-hydrogen) atoms. The minimum absolute atomic E-state index is 0.00440. The number of benzene rings is 4. The number of aryl methyl sites for hydroxylation is 1. The highest BCUT2D eigenvalue weighted by Gasteiger charge is 2.47. The maximum absolute atomic E-state index is 15.5. The second kappa shape index (κ2) is 25.2. The molecule has 2 heterocycles. The molecule has 1 aliphatic carbocycles. The van der Waals surface area contributed by atoms with Gasteiger partial charge < -0.3 is 36.0 Å². The molecule has 418 valence electrons. The van der Waals surface area contributed by atoms with Crippen molar-refractivity contribution in [2.75, 3.05) is 13.6 Å². The lowest BCUT2D eigenvalue weighted by Crippen LogP contribution is -2.61. The number of nitrogens with one attached hydrogen (secondary N) is 4. The lowest BCUT2D eigenvalue weighted by molar-refractivity contribution is -0.152. The molecule has 2 aliphatic heterocycles. The first-order valence-electron chi connectivity index (χ1n) is 27.9. The number of likely N-dealkylation sites (tertiary alicyclic amines) is 1. The third kappa shape index (κ3) is 13.7. The number of fused-ring (bicyclic) bond motifs is 2. The summed E-state index contributed by atoms with van der Waals surface area (Å²) in [6, 6.07) is 25.7. The minimum Gasteiger partial charge on any atom is -0.347 e. The van der Waals surface area contributed by atoms with E-state index in [1.165, 1.54) is 5.56 Å². The SMILES string of the molecule is CC[C@@H](C)C(=O)N[C@H](C(=O)N1Cc2ccccc2C[C@H]1C(=O)N(Cc1ccc(C(=O)NC2C[C@@H](C(=O)NC3CCCc4ccccc43)N(C(=O)[C@@H](CC(=O)[C@H](C)NC)C(C)(C)C)C2)cc1)C(C)c1ccccc1Cl)C(C)(C)C. The standard InChI is InChI=1S/C63H82ClN7O7/c1-12-38(2)56(73)68-55(63(8,9)10)61(78)70-36-45-22-14-13-21-44(45)32-53(70)60(77)69(40(4)47-24-17-18-26-50(47)64)35-41-28-30-43(31-29-41)57(74)66-46-33-52(58(75)67-51-27-19-23-42-20-15-16-25-48(42)51)71(37-46)59(76)49(62(5,6)7)34-54(72)39(3)65-11/h13-18,20-22,24-26,28-31,38-40,46,49,51-53,55,65H,12,19,23,27,32-37H2,1-11H3,(H,66,74)(H,67,75)(H,68,73)/t38-,39+,40?,46?,49-,51?,52+,53+,55-/m1/s1. The molecule has 0 radical (unpaired) electrons. The van der Waals surface area contributed by atoms with Crippen LogP contribution in [-0.2, 0) is 54.7 Å². The van der Waals surface area contributed by atoms with E-state index in [1.807, 2.05) is 123 Å². The van der Waals surface area contributed by atoms with E-state index in [-0.39, 0.29) is 86.2 Å². The van der Waals surface area contributed by atoms with Gasteiger partial charge in [0.1, 0.15) is 23.9 Å². The Labute approximate surface area is 467 Å². The van der Waals surface area contributed by atoms with Crippen LogP contribution in [0.2, 0.25) is 5.02 Å². The van der Waals surface area contributed by atoms with E-state index in [2.05, 4.69) is 27.3 Å². The molecule has 4 aromatic rings. The highest BCUT2D eigenvalue weighted by molar-refractivity contribution is 6.31. The summed E-state index contributed by atoms with van der Waals surface area (Å²) in [5, 5.41) is 12.9. The van der Waals surface area contributed by atoms with Crippen LogP contribution in [-0.4, -0.2) is 99.7 Å². The second-order valence-corrected chi connectivity index (χ2v) is 24.5. The Bertz CT molecular complexity index is 2840. The van der Waals surface area contributed by atoms with Gasteiger partial charge in [0.2, 0.25) is 29.5 Å². The van der Waals surface area contributed by atoms with Crippen LogP contribution in [0.3, 0.4) is 0 Å². The average Bonchev–Trinajstić information content (AvgIpc) is 3.91. The molecule has 4 aromatic carbocycles. The third-order valence-corrected chi connectivity index (χ3v) is 16.9. The topological polar surface area (TPSA) is 177 Å². The zero-order valence-corrected chi connectivity index (χ0v) is 48.3. The summed E-state index contributed by atoms with van der Waals surface area (Å²) in [6.07, 6.45) is 3.63. The zero-order valence-electron chi connectivity index (χ0n) is 47.6. The fourth-order valence-electron chi connectivity index (χ4n) is 11.2. The first-order valence-corrected chi connectivity index (χ1v) is 28.3. The predicted molar refractivity (Wildman–Crippen MR) is 305 cm³/mol. The first kappa shape index (κ1) is 59.3. The fourth-order valence-corrected chi connectivity index (χ4v) is 11.5. The number of hydrogen-bond acceptors (Lipinski definition) is 8. The molecule has 0 aromatic heterocycles. The Kier molecular flexibility index (Phi) is 19.1. The number of amides is 6. The molecule has 1 fully saturated rings. The van der Waals surface area contributed by atoms with Crippen LogP contribution in [0.25, 0.3) is 0 Å². The van der Waals surface area contributed by atoms with Crippen molar-refractivity contribution in [3.8, 4) is 0 Å². The maximum atomic E-state index is 15.5.